The Kier molecular flexibility index (Phi) is 29.8. The number of tetrazole rings is 1. The van der Waals surface area contributed by atoms with E-state index in [1.807, 2.05) is 231 Å². The van der Waals surface area contributed by atoms with Crippen LogP contribution in [0.15, 0.2) is 358 Å². The lowest BCUT2D eigenvalue weighted by Crippen LogP contribution is -2.12. The molecule has 0 saturated heterocycles. The Balaban J connectivity index is 0.000000129. The summed E-state index contributed by atoms with van der Waals surface area (Å²) >= 11 is 0. The van der Waals surface area contributed by atoms with Gasteiger partial charge in [-0.3, -0.25) is 0 Å². The minimum Gasteiger partial charge on any atom is -0.489 e. The number of pyridine rings is 4. The van der Waals surface area contributed by atoms with E-state index in [2.05, 4.69) is 108 Å². The number of nitrogens with one attached hydrogen (secondary N) is 1. The zero-order valence-electron chi connectivity index (χ0n) is 71.6. The van der Waals surface area contributed by atoms with E-state index in [1.54, 1.807) is 42.5 Å². The van der Waals surface area contributed by atoms with Crippen LogP contribution in [0.2, 0.25) is 0 Å². The molecule has 0 radical (unpaired) electrons. The van der Waals surface area contributed by atoms with Gasteiger partial charge >= 0.3 is 17.9 Å². The van der Waals surface area contributed by atoms with Crippen LogP contribution in [-0.2, 0) is 69.0 Å². The lowest BCUT2D eigenvalue weighted by molar-refractivity contribution is -0.139. The average molecular weight is 1770 g/mol. The Morgan fingerprint density at radius 2 is 0.684 bits per heavy atom. The molecule has 2 aliphatic heterocycles. The van der Waals surface area contributed by atoms with Gasteiger partial charge in [0.15, 0.2) is 13.2 Å². The third-order valence-corrected chi connectivity index (χ3v) is 20.3. The molecule has 19 rings (SSSR count). The zero-order chi connectivity index (χ0) is 91.1. The molecule has 0 unspecified atom stereocenters. The number of aromatic nitrogens is 8. The molecule has 3 N–H and O–H groups in total. The number of hydrogen-bond acceptors (Lipinski definition) is 27. The average Bonchev–Trinajstić information content (AvgIpc) is 1.75. The highest BCUT2D eigenvalue weighted by atomic mass is 16.5. The summed E-state index contributed by atoms with van der Waals surface area (Å²) in [6.45, 7) is 3.08. The number of ether oxygens (including phenoxy) is 11. The normalized spacial score (nSPS) is 11.6. The van der Waals surface area contributed by atoms with Crippen LogP contribution in [0.25, 0.3) is 43.6 Å². The minimum atomic E-state index is -1.17. The predicted molar refractivity (Wildman–Crippen MR) is 496 cm³/mol. The maximum absolute atomic E-state index is 12.0. The number of nitrogens with zero attached hydrogens (tertiary/aromatic N) is 13. The molecule has 0 spiro atoms. The van der Waals surface area contributed by atoms with Crippen molar-refractivity contribution in [3.63, 3.8) is 0 Å². The molecule has 17 aromatic rings. The summed E-state index contributed by atoms with van der Waals surface area (Å²) in [7, 11) is 1.32. The number of aromatic carboxylic acids is 1. The summed E-state index contributed by atoms with van der Waals surface area (Å²) in [5.41, 5.74) is 14.6. The van der Waals surface area contributed by atoms with Gasteiger partial charge in [-0.25, -0.2) is 34.3 Å². The van der Waals surface area contributed by atoms with Crippen molar-refractivity contribution in [2.24, 2.45) is 30.9 Å². The van der Waals surface area contributed by atoms with Crippen molar-refractivity contribution in [1.82, 2.24) is 40.6 Å². The lowest BCUT2D eigenvalue weighted by atomic mass is 10.1. The number of hydrogen-bond donors (Lipinski definition) is 3. The van der Waals surface area contributed by atoms with E-state index < -0.39 is 24.5 Å². The van der Waals surface area contributed by atoms with E-state index in [1.165, 1.54) is 25.3 Å². The van der Waals surface area contributed by atoms with E-state index in [0.717, 1.165) is 129 Å². The maximum atomic E-state index is 12.0. The topological polar surface area (TPSA) is 373 Å². The van der Waals surface area contributed by atoms with Crippen LogP contribution in [0.3, 0.4) is 0 Å². The minimum absolute atomic E-state index is 0.0122. The van der Waals surface area contributed by atoms with E-state index in [-0.39, 0.29) is 37.7 Å². The van der Waals surface area contributed by atoms with Gasteiger partial charge < -0.3 is 62.3 Å². The molecule has 2 aliphatic rings. The number of rotatable bonds is 34. The summed E-state index contributed by atoms with van der Waals surface area (Å²) in [5, 5.41) is 59.4. The quantitative estimate of drug-likeness (QED) is 0.0315. The molecule has 662 valence electrons. The van der Waals surface area contributed by atoms with Crippen molar-refractivity contribution in [2.75, 3.05) is 26.8 Å². The second-order valence-electron chi connectivity index (χ2n) is 29.7. The van der Waals surface area contributed by atoms with Gasteiger partial charge in [-0.05, 0) is 155 Å². The first kappa shape index (κ1) is 88.7. The Hall–Kier alpha value is -17.7. The second kappa shape index (κ2) is 44.6. The lowest BCUT2D eigenvalue weighted by Gasteiger charge is -2.14. The first-order valence-electron chi connectivity index (χ1n) is 42.0. The van der Waals surface area contributed by atoms with Crippen LogP contribution < -0.4 is 47.4 Å². The van der Waals surface area contributed by atoms with Crippen molar-refractivity contribution < 1.29 is 76.7 Å². The van der Waals surface area contributed by atoms with Crippen molar-refractivity contribution in [2.45, 2.75) is 59.5 Å². The molecular formula is C103H84N14O16. The number of aromatic amines is 1. The highest BCUT2D eigenvalue weighted by Crippen LogP contribution is 2.32. The third-order valence-electron chi connectivity index (χ3n) is 20.3. The molecule has 133 heavy (non-hydrogen) atoms. The van der Waals surface area contributed by atoms with Crippen LogP contribution in [0.4, 0.5) is 0 Å². The number of H-pyrrole nitrogens is 1. The molecule has 0 bridgehead atoms. The molecule has 0 amide bonds. The number of carboxylic acids is 2. The SMILES string of the molecule is COC(=O)c1ccc(COc2cccc(OCc3ccc4ccccc4n3)c2)c(OCc2nn[nH]n2)c1.O=C(O)COc1cc(C(=O)O)ccc1COc1cccc(OCc2ccc3ccccc3n2)c1.c1cc(OCc2cccc(C3=NN=NC3)c2)cc(OCc2ccc3ccccc3n2)c1.c1cc(OCc2cccc(C3=NN=NC3)c2)cc(OCc2ccc3ccccc3n2)c1. The maximum Gasteiger partial charge on any atom is 0.341 e. The molecule has 0 fully saturated rings. The number of methoxy groups -OCH3 is 1. The molecule has 5 aromatic heterocycles. The molecule has 7 heterocycles. The van der Waals surface area contributed by atoms with E-state index in [4.69, 9.17) is 57.2 Å². The van der Waals surface area contributed by atoms with Gasteiger partial charge in [-0.2, -0.15) is 15.4 Å². The van der Waals surface area contributed by atoms with Gasteiger partial charge in [0.2, 0.25) is 5.82 Å². The number of benzene rings is 12. The van der Waals surface area contributed by atoms with Gasteiger partial charge in [0.05, 0.1) is 74.5 Å². The largest absolute Gasteiger partial charge is 0.489 e. The summed E-state index contributed by atoms with van der Waals surface area (Å²) in [6.07, 6.45) is 0. The van der Waals surface area contributed by atoms with Crippen LogP contribution >= 0.6 is 0 Å². The Bertz CT molecular complexity index is 6880. The van der Waals surface area contributed by atoms with Gasteiger partial charge in [0, 0.05) is 68.1 Å². The molecule has 30 heteroatoms. The van der Waals surface area contributed by atoms with Crippen molar-refractivity contribution in [3.8, 4) is 57.5 Å². The van der Waals surface area contributed by atoms with Gasteiger partial charge in [0.1, 0.15) is 123 Å². The van der Waals surface area contributed by atoms with Crippen LogP contribution in [0.5, 0.6) is 57.5 Å². The van der Waals surface area contributed by atoms with Crippen LogP contribution in [0, 0.1) is 0 Å². The number of carboxylic acid groups (broad SMARTS) is 2. The number of carbonyl (C=O) groups excluding carboxylic acids is 1. The summed E-state index contributed by atoms with van der Waals surface area (Å²) in [5.74, 6) is 3.54. The highest BCUT2D eigenvalue weighted by molar-refractivity contribution is 6.03. The van der Waals surface area contributed by atoms with Crippen molar-refractivity contribution >= 4 is 72.9 Å². The van der Waals surface area contributed by atoms with Crippen LogP contribution in [0.1, 0.15) is 82.7 Å². The molecule has 12 aromatic carbocycles. The fourth-order valence-electron chi connectivity index (χ4n) is 13.6. The Morgan fingerprint density at radius 3 is 1.04 bits per heavy atom. The van der Waals surface area contributed by atoms with Crippen LogP contribution in [-0.4, -0.2) is 107 Å². The Morgan fingerprint density at radius 1 is 0.331 bits per heavy atom. The number of carbonyl (C=O) groups is 3. The number of para-hydroxylation sites is 4. The van der Waals surface area contributed by atoms with Crippen molar-refractivity contribution in [3.05, 3.63) is 401 Å². The van der Waals surface area contributed by atoms with E-state index >= 15 is 0 Å². The summed E-state index contributed by atoms with van der Waals surface area (Å²) < 4.78 is 63.4. The summed E-state index contributed by atoms with van der Waals surface area (Å²) in [6, 6.07) is 103. The molecule has 0 saturated carbocycles. The Labute approximate surface area is 761 Å². The highest BCUT2D eigenvalue weighted by Gasteiger charge is 2.18. The van der Waals surface area contributed by atoms with Gasteiger partial charge in [-0.1, -0.05) is 175 Å². The third kappa shape index (κ3) is 25.6. The summed E-state index contributed by atoms with van der Waals surface area (Å²) in [4.78, 5) is 52.6. The monoisotopic (exact) mass is 1770 g/mol. The molecule has 0 atom stereocenters. The fourth-order valence-corrected chi connectivity index (χ4v) is 13.6. The predicted octanol–water partition coefficient (Wildman–Crippen LogP) is 20.0. The smallest absolute Gasteiger partial charge is 0.341 e. The fraction of sp³-hybridized carbons (Fsp3) is 0.126. The van der Waals surface area contributed by atoms with Gasteiger partial charge in [0.25, 0.3) is 0 Å². The van der Waals surface area contributed by atoms with Gasteiger partial charge in [-0.15, -0.1) is 20.4 Å². The molecule has 30 nitrogen and oxygen atoms in total. The number of aliphatic carboxylic acids is 1. The number of fused-ring (bicyclic) bond motifs is 4. The molecule has 0 aliphatic carbocycles. The first-order valence-corrected chi connectivity index (χ1v) is 42.0. The number of esters is 1. The van der Waals surface area contributed by atoms with E-state index in [9.17, 15) is 19.5 Å². The van der Waals surface area contributed by atoms with Crippen molar-refractivity contribution in [1.29, 1.82) is 0 Å². The van der Waals surface area contributed by atoms with E-state index in [0.29, 0.717) is 91.8 Å². The first-order chi connectivity index (χ1) is 65.3. The zero-order valence-corrected chi connectivity index (χ0v) is 71.6. The molecular weight excluding hydrogens is 1690 g/mol. The standard InChI is InChI=1S/C27H23N5O5.C26H21NO7.2C25H20N4O2/c1-34-27(33)19-9-10-20(25(13-19)37-17-26-29-31-32-30-26)15-35-22-6-4-7-23(14-22)36-16-21-12-11-18-5-2-3-8-24(18)28-21;28-25(29)16-34-24-12-18(26(30)31)8-9-19(24)14-32-21-5-3-6-22(13-21)33-15-20-11-10-17-4-1-2-7-23(17)27-20;2*1-2-10-24-19(6-1)11-12-21(27-24)17-31-23-9-4-8-22(14-23)30-16-18-5-3-7-20(13-18)25-15-26-29-28-25/h2-14H,15-17H2,1H3,(H,29,30,31,32);1-13H,14-16H2,(H,28,29)(H,30,31);2*1-14H,15-17H2. The second-order valence-corrected chi connectivity index (χ2v) is 29.7.